The van der Waals surface area contributed by atoms with Gasteiger partial charge in [0.2, 0.25) is 0 Å². The number of hydrogen-bond donors (Lipinski definition) is 1. The summed E-state index contributed by atoms with van der Waals surface area (Å²) in [5, 5.41) is 3.62. The van der Waals surface area contributed by atoms with Crippen molar-refractivity contribution in [1.29, 1.82) is 0 Å². The van der Waals surface area contributed by atoms with Crippen molar-refractivity contribution in [1.82, 2.24) is 5.32 Å². The van der Waals surface area contributed by atoms with Gasteiger partial charge in [-0.2, -0.15) is 0 Å². The van der Waals surface area contributed by atoms with Gasteiger partial charge in [-0.15, -0.1) is 11.8 Å². The molecule has 1 fully saturated rings. The first-order chi connectivity index (χ1) is 8.74. The third kappa shape index (κ3) is 3.21. The van der Waals surface area contributed by atoms with E-state index >= 15 is 0 Å². The van der Waals surface area contributed by atoms with Crippen LogP contribution in [0.2, 0.25) is 0 Å². The molecule has 1 saturated heterocycles. The van der Waals surface area contributed by atoms with Crippen molar-refractivity contribution in [2.45, 2.75) is 43.5 Å². The molecule has 0 aliphatic carbocycles. The number of rotatable bonds is 4. The van der Waals surface area contributed by atoms with Gasteiger partial charge in [0.15, 0.2) is 0 Å². The molecule has 0 saturated carbocycles. The molecule has 0 spiro atoms. The number of nitrogens with one attached hydrogen (secondary N) is 1. The Bertz CT molecular complexity index is 400. The fourth-order valence-electron chi connectivity index (χ4n) is 2.64. The van der Waals surface area contributed by atoms with E-state index in [1.807, 2.05) is 11.8 Å². The SMILES string of the molecule is COc1cc(CC2CCCCN2)c(SC)cc1C. The molecule has 2 nitrogen and oxygen atoms in total. The molecule has 0 bridgehead atoms. The molecule has 2 rings (SSSR count). The molecule has 1 N–H and O–H groups in total. The van der Waals surface area contributed by atoms with Crippen molar-refractivity contribution >= 4 is 11.8 Å². The third-order valence-electron chi connectivity index (χ3n) is 3.68. The van der Waals surface area contributed by atoms with Crippen LogP contribution in [0.1, 0.15) is 30.4 Å². The number of ether oxygens (including phenoxy) is 1. The predicted molar refractivity (Wildman–Crippen MR) is 78.9 cm³/mol. The Morgan fingerprint density at radius 2 is 2.22 bits per heavy atom. The lowest BCUT2D eigenvalue weighted by Crippen LogP contribution is -2.35. The summed E-state index contributed by atoms with van der Waals surface area (Å²) in [7, 11) is 1.75. The maximum Gasteiger partial charge on any atom is 0.122 e. The molecule has 1 aromatic rings. The molecule has 0 radical (unpaired) electrons. The number of benzene rings is 1. The van der Waals surface area contributed by atoms with Gasteiger partial charge in [-0.25, -0.2) is 0 Å². The molecule has 1 unspecified atom stereocenters. The van der Waals surface area contributed by atoms with Crippen LogP contribution in [0, 0.1) is 6.92 Å². The highest BCUT2D eigenvalue weighted by atomic mass is 32.2. The summed E-state index contributed by atoms with van der Waals surface area (Å²) in [4.78, 5) is 1.39. The van der Waals surface area contributed by atoms with Gasteiger partial charge >= 0.3 is 0 Å². The van der Waals surface area contributed by atoms with E-state index in [9.17, 15) is 0 Å². The fraction of sp³-hybridized carbons (Fsp3) is 0.600. The summed E-state index contributed by atoms with van der Waals surface area (Å²) in [5.74, 6) is 1.01. The highest BCUT2D eigenvalue weighted by Gasteiger charge is 2.16. The smallest absolute Gasteiger partial charge is 0.122 e. The molecular weight excluding hydrogens is 242 g/mol. The molecule has 0 amide bonds. The van der Waals surface area contributed by atoms with Crippen molar-refractivity contribution in [2.24, 2.45) is 0 Å². The van der Waals surface area contributed by atoms with Crippen LogP contribution >= 0.6 is 11.8 Å². The van der Waals surface area contributed by atoms with Gasteiger partial charge in [0.25, 0.3) is 0 Å². The van der Waals surface area contributed by atoms with Gasteiger partial charge < -0.3 is 10.1 Å². The number of thioether (sulfide) groups is 1. The van der Waals surface area contributed by atoms with Crippen LogP contribution in [0.4, 0.5) is 0 Å². The van der Waals surface area contributed by atoms with Crippen molar-refractivity contribution < 1.29 is 4.74 Å². The van der Waals surface area contributed by atoms with Gasteiger partial charge in [0.1, 0.15) is 5.75 Å². The second-order valence-corrected chi connectivity index (χ2v) is 5.83. The second kappa shape index (κ2) is 6.48. The van der Waals surface area contributed by atoms with Crippen LogP contribution in [0.5, 0.6) is 5.75 Å². The first-order valence-electron chi connectivity index (χ1n) is 6.69. The minimum atomic E-state index is 0.636. The maximum absolute atomic E-state index is 5.44. The lowest BCUT2D eigenvalue weighted by molar-refractivity contribution is 0.394. The lowest BCUT2D eigenvalue weighted by atomic mass is 9.97. The van der Waals surface area contributed by atoms with Gasteiger partial charge in [-0.3, -0.25) is 0 Å². The van der Waals surface area contributed by atoms with Crippen molar-refractivity contribution in [2.75, 3.05) is 19.9 Å². The average molecular weight is 265 g/mol. The van der Waals surface area contributed by atoms with Crippen LogP contribution in [0.3, 0.4) is 0 Å². The second-order valence-electron chi connectivity index (χ2n) is 4.98. The zero-order valence-corrected chi connectivity index (χ0v) is 12.4. The van der Waals surface area contributed by atoms with Crippen LogP contribution in [0.25, 0.3) is 0 Å². The summed E-state index contributed by atoms with van der Waals surface area (Å²) in [5.41, 5.74) is 2.64. The Hall–Kier alpha value is -0.670. The van der Waals surface area contributed by atoms with Crippen LogP contribution in [0.15, 0.2) is 17.0 Å². The van der Waals surface area contributed by atoms with Gasteiger partial charge in [0.05, 0.1) is 7.11 Å². The van der Waals surface area contributed by atoms with Crippen molar-refractivity contribution in [3.63, 3.8) is 0 Å². The summed E-state index contributed by atoms with van der Waals surface area (Å²) in [6.45, 7) is 3.28. The maximum atomic E-state index is 5.44. The minimum absolute atomic E-state index is 0.636. The Balaban J connectivity index is 2.18. The monoisotopic (exact) mass is 265 g/mol. The lowest BCUT2D eigenvalue weighted by Gasteiger charge is -2.24. The molecule has 1 aliphatic rings. The average Bonchev–Trinajstić information content (AvgIpc) is 2.41. The van der Waals surface area contributed by atoms with Crippen LogP contribution < -0.4 is 10.1 Å². The zero-order valence-electron chi connectivity index (χ0n) is 11.6. The molecule has 1 aromatic carbocycles. The highest BCUT2D eigenvalue weighted by Crippen LogP contribution is 2.30. The van der Waals surface area contributed by atoms with Crippen molar-refractivity contribution in [3.8, 4) is 5.75 Å². The number of piperidine rings is 1. The van der Waals surface area contributed by atoms with Crippen molar-refractivity contribution in [3.05, 3.63) is 23.3 Å². The van der Waals surface area contributed by atoms with Gasteiger partial charge in [-0.1, -0.05) is 6.42 Å². The molecular formula is C15H23NOS. The van der Waals surface area contributed by atoms with E-state index in [0.29, 0.717) is 6.04 Å². The van der Waals surface area contributed by atoms with Gasteiger partial charge in [0, 0.05) is 10.9 Å². The van der Waals surface area contributed by atoms with E-state index in [0.717, 1.165) is 12.2 Å². The largest absolute Gasteiger partial charge is 0.496 e. The predicted octanol–water partition coefficient (Wildman–Crippen LogP) is 3.41. The van der Waals surface area contributed by atoms with E-state index in [1.54, 1.807) is 7.11 Å². The molecule has 0 aromatic heterocycles. The normalized spacial score (nSPS) is 19.8. The summed E-state index contributed by atoms with van der Waals surface area (Å²) in [6, 6.07) is 5.11. The molecule has 100 valence electrons. The van der Waals surface area contributed by atoms with Crippen LogP contribution in [-0.4, -0.2) is 26.0 Å². The zero-order chi connectivity index (χ0) is 13.0. The molecule has 1 heterocycles. The third-order valence-corrected chi connectivity index (χ3v) is 4.50. The minimum Gasteiger partial charge on any atom is -0.496 e. The van der Waals surface area contributed by atoms with Gasteiger partial charge in [-0.05, 0) is 62.2 Å². The quantitative estimate of drug-likeness (QED) is 0.843. The van der Waals surface area contributed by atoms with Crippen LogP contribution in [-0.2, 0) is 6.42 Å². The summed E-state index contributed by atoms with van der Waals surface area (Å²) in [6.07, 6.45) is 7.24. The summed E-state index contributed by atoms with van der Waals surface area (Å²) < 4.78 is 5.44. The summed E-state index contributed by atoms with van der Waals surface area (Å²) >= 11 is 1.83. The Kier molecular flexibility index (Phi) is 4.95. The molecule has 1 aliphatic heterocycles. The standard InChI is InChI=1S/C15H23NOS/c1-11-8-15(18-3)12(10-14(11)17-2)9-13-6-4-5-7-16-13/h8,10,13,16H,4-7,9H2,1-3H3. The van der Waals surface area contributed by atoms with E-state index in [1.165, 1.54) is 41.8 Å². The van der Waals surface area contributed by atoms with E-state index in [-0.39, 0.29) is 0 Å². The number of aryl methyl sites for hydroxylation is 1. The van der Waals surface area contributed by atoms with E-state index in [2.05, 4.69) is 30.6 Å². The fourth-order valence-corrected chi connectivity index (χ4v) is 3.34. The van der Waals surface area contributed by atoms with E-state index < -0.39 is 0 Å². The Morgan fingerprint density at radius 3 is 2.83 bits per heavy atom. The molecule has 3 heteroatoms. The molecule has 1 atom stereocenters. The Labute approximate surface area is 114 Å². The first kappa shape index (κ1) is 13.8. The topological polar surface area (TPSA) is 21.3 Å². The highest BCUT2D eigenvalue weighted by molar-refractivity contribution is 7.98. The number of hydrogen-bond acceptors (Lipinski definition) is 3. The first-order valence-corrected chi connectivity index (χ1v) is 7.92. The number of methoxy groups -OCH3 is 1. The molecule has 18 heavy (non-hydrogen) atoms. The van der Waals surface area contributed by atoms with E-state index in [4.69, 9.17) is 4.74 Å². The Morgan fingerprint density at radius 1 is 1.39 bits per heavy atom.